The fourth-order valence-electron chi connectivity index (χ4n) is 3.01. The molecule has 2 aromatic rings. The van der Waals surface area contributed by atoms with Crippen LogP contribution in [-0.2, 0) is 6.54 Å². The van der Waals surface area contributed by atoms with Crippen molar-refractivity contribution in [3.63, 3.8) is 0 Å². The zero-order valence-corrected chi connectivity index (χ0v) is 13.2. The van der Waals surface area contributed by atoms with Crippen LogP contribution in [0.3, 0.4) is 0 Å². The van der Waals surface area contributed by atoms with Gasteiger partial charge in [-0.25, -0.2) is 8.78 Å². The maximum atomic E-state index is 13.7. The van der Waals surface area contributed by atoms with Crippen LogP contribution in [0.25, 0.3) is 0 Å². The van der Waals surface area contributed by atoms with Gasteiger partial charge in [-0.3, -0.25) is 14.7 Å². The van der Waals surface area contributed by atoms with Gasteiger partial charge >= 0.3 is 0 Å². The van der Waals surface area contributed by atoms with E-state index in [1.54, 1.807) is 6.20 Å². The molecule has 1 amide bonds. The Bertz CT molecular complexity index is 688. The predicted octanol–water partition coefficient (Wildman–Crippen LogP) is 2.75. The Kier molecular flexibility index (Phi) is 5.15. The topological polar surface area (TPSA) is 45.2 Å². The molecule has 0 spiro atoms. The number of nitrogens with zero attached hydrogens (tertiary/aromatic N) is 2. The lowest BCUT2D eigenvalue weighted by atomic mass is 10.0. The van der Waals surface area contributed by atoms with Crippen LogP contribution in [0.1, 0.15) is 28.9 Å². The van der Waals surface area contributed by atoms with Crippen LogP contribution in [0.5, 0.6) is 0 Å². The van der Waals surface area contributed by atoms with E-state index in [1.807, 2.05) is 18.2 Å². The number of benzene rings is 1. The fraction of sp³-hybridized carbons (Fsp3) is 0.333. The van der Waals surface area contributed by atoms with Crippen LogP contribution < -0.4 is 5.32 Å². The highest BCUT2D eigenvalue weighted by Gasteiger charge is 2.24. The number of aromatic nitrogens is 1. The Morgan fingerprint density at radius 2 is 2.00 bits per heavy atom. The molecule has 0 unspecified atom stereocenters. The number of piperidine rings is 1. The van der Waals surface area contributed by atoms with Gasteiger partial charge in [-0.15, -0.1) is 0 Å². The summed E-state index contributed by atoms with van der Waals surface area (Å²) in [6, 6.07) is 9.05. The molecule has 24 heavy (non-hydrogen) atoms. The molecule has 3 rings (SSSR count). The second-order valence-corrected chi connectivity index (χ2v) is 5.97. The smallest absolute Gasteiger partial charge is 0.257 e. The molecule has 0 radical (unpaired) electrons. The number of amides is 1. The monoisotopic (exact) mass is 331 g/mol. The van der Waals surface area contributed by atoms with E-state index in [2.05, 4.69) is 15.2 Å². The van der Waals surface area contributed by atoms with Crippen molar-refractivity contribution in [2.24, 2.45) is 0 Å². The number of pyridine rings is 1. The molecule has 126 valence electrons. The molecule has 6 heteroatoms. The lowest BCUT2D eigenvalue weighted by Crippen LogP contribution is -2.47. The molecule has 1 aliphatic heterocycles. The van der Waals surface area contributed by atoms with Crippen molar-refractivity contribution in [3.05, 3.63) is 65.5 Å². The van der Waals surface area contributed by atoms with Crippen LogP contribution >= 0.6 is 0 Å². The first-order valence-corrected chi connectivity index (χ1v) is 8.00. The Morgan fingerprint density at radius 1 is 1.21 bits per heavy atom. The molecule has 1 aliphatic rings. The van der Waals surface area contributed by atoms with Gasteiger partial charge in [0, 0.05) is 25.3 Å². The number of rotatable bonds is 4. The zero-order valence-electron chi connectivity index (χ0n) is 13.2. The minimum atomic E-state index is -0.839. The van der Waals surface area contributed by atoms with Crippen LogP contribution in [-0.4, -0.2) is 34.9 Å². The Hall–Kier alpha value is -2.34. The lowest BCUT2D eigenvalue weighted by Gasteiger charge is -2.32. The number of nitrogens with one attached hydrogen (secondary N) is 1. The molecule has 1 saturated heterocycles. The molecule has 1 N–H and O–H groups in total. The largest absolute Gasteiger partial charge is 0.348 e. The molecule has 1 aromatic heterocycles. The second kappa shape index (κ2) is 7.49. The van der Waals surface area contributed by atoms with Crippen molar-refractivity contribution >= 4 is 5.91 Å². The average Bonchev–Trinajstić information content (AvgIpc) is 2.56. The minimum absolute atomic E-state index is 0.131. The Morgan fingerprint density at radius 3 is 2.71 bits per heavy atom. The van der Waals surface area contributed by atoms with Crippen LogP contribution in [0.4, 0.5) is 8.78 Å². The van der Waals surface area contributed by atoms with Gasteiger partial charge in [-0.05, 0) is 43.7 Å². The normalized spacial score (nSPS) is 18.3. The molecule has 1 aromatic carbocycles. The van der Waals surface area contributed by atoms with E-state index in [1.165, 1.54) is 6.07 Å². The third kappa shape index (κ3) is 3.94. The molecule has 4 nitrogen and oxygen atoms in total. The zero-order chi connectivity index (χ0) is 16.9. The quantitative estimate of drug-likeness (QED) is 0.937. The highest BCUT2D eigenvalue weighted by molar-refractivity contribution is 5.94. The van der Waals surface area contributed by atoms with Gasteiger partial charge in [0.15, 0.2) is 0 Å². The van der Waals surface area contributed by atoms with Crippen LogP contribution in [0.2, 0.25) is 0 Å². The predicted molar refractivity (Wildman–Crippen MR) is 86.4 cm³/mol. The summed E-state index contributed by atoms with van der Waals surface area (Å²) >= 11 is 0. The van der Waals surface area contributed by atoms with Crippen molar-refractivity contribution in [1.82, 2.24) is 15.2 Å². The summed E-state index contributed by atoms with van der Waals surface area (Å²) in [5.74, 6) is -2.38. The fourth-order valence-corrected chi connectivity index (χ4v) is 3.01. The van der Waals surface area contributed by atoms with Gasteiger partial charge < -0.3 is 5.32 Å². The third-order valence-electron chi connectivity index (χ3n) is 4.14. The van der Waals surface area contributed by atoms with E-state index < -0.39 is 23.1 Å². The summed E-state index contributed by atoms with van der Waals surface area (Å²) in [6.45, 7) is 2.25. The van der Waals surface area contributed by atoms with E-state index in [9.17, 15) is 13.6 Å². The van der Waals surface area contributed by atoms with E-state index in [4.69, 9.17) is 0 Å². The number of hydrogen-bond donors (Lipinski definition) is 1. The molecule has 1 fully saturated rings. The highest BCUT2D eigenvalue weighted by atomic mass is 19.1. The van der Waals surface area contributed by atoms with Crippen LogP contribution in [0.15, 0.2) is 42.6 Å². The summed E-state index contributed by atoms with van der Waals surface area (Å²) in [5.41, 5.74) is 0.448. The van der Waals surface area contributed by atoms with E-state index in [0.717, 1.165) is 37.2 Å². The van der Waals surface area contributed by atoms with Gasteiger partial charge in [-0.1, -0.05) is 12.1 Å². The molecule has 0 saturated carbocycles. The van der Waals surface area contributed by atoms with Gasteiger partial charge in [0.2, 0.25) is 0 Å². The lowest BCUT2D eigenvalue weighted by molar-refractivity contribution is 0.0892. The second-order valence-electron chi connectivity index (χ2n) is 5.97. The number of carbonyl (C=O) groups is 1. The molecule has 1 atom stereocenters. The summed E-state index contributed by atoms with van der Waals surface area (Å²) in [6.07, 6.45) is 3.46. The number of likely N-dealkylation sites (tertiary alicyclic amines) is 1. The summed E-state index contributed by atoms with van der Waals surface area (Å²) in [5, 5.41) is 2.75. The molecular formula is C18H19F2N3O. The van der Waals surface area contributed by atoms with Crippen molar-refractivity contribution in [2.45, 2.75) is 25.4 Å². The maximum Gasteiger partial charge on any atom is 0.257 e. The summed E-state index contributed by atoms with van der Waals surface area (Å²) in [7, 11) is 0. The first kappa shape index (κ1) is 16.5. The average molecular weight is 331 g/mol. The minimum Gasteiger partial charge on any atom is -0.348 e. The number of hydrogen-bond acceptors (Lipinski definition) is 3. The molecule has 2 heterocycles. The number of halogens is 2. The van der Waals surface area contributed by atoms with Crippen molar-refractivity contribution < 1.29 is 13.6 Å². The summed E-state index contributed by atoms with van der Waals surface area (Å²) in [4.78, 5) is 18.7. The van der Waals surface area contributed by atoms with Gasteiger partial charge in [-0.2, -0.15) is 0 Å². The standard InChI is InChI=1S/C18H19F2N3O/c19-15-7-3-8-16(20)17(15)18(24)22-14-6-4-10-23(12-14)11-13-5-1-2-9-21-13/h1-3,5,7-9,14H,4,6,10-12H2,(H,22,24)/t14-/m0/s1. The highest BCUT2D eigenvalue weighted by Crippen LogP contribution is 2.16. The Balaban J connectivity index is 1.62. The maximum absolute atomic E-state index is 13.7. The molecule has 0 aliphatic carbocycles. The SMILES string of the molecule is O=C(N[C@H]1CCCN(Cc2ccccn2)C1)c1c(F)cccc1F. The Labute approximate surface area is 139 Å². The van der Waals surface area contributed by atoms with E-state index >= 15 is 0 Å². The number of carbonyl (C=O) groups excluding carboxylic acids is 1. The van der Waals surface area contributed by atoms with Crippen LogP contribution in [0, 0.1) is 11.6 Å². The van der Waals surface area contributed by atoms with Crippen molar-refractivity contribution in [1.29, 1.82) is 0 Å². The van der Waals surface area contributed by atoms with Gasteiger partial charge in [0.05, 0.1) is 5.69 Å². The summed E-state index contributed by atoms with van der Waals surface area (Å²) < 4.78 is 27.4. The molecule has 0 bridgehead atoms. The van der Waals surface area contributed by atoms with Crippen molar-refractivity contribution in [3.8, 4) is 0 Å². The third-order valence-corrected chi connectivity index (χ3v) is 4.14. The van der Waals surface area contributed by atoms with Gasteiger partial charge in [0.1, 0.15) is 17.2 Å². The van der Waals surface area contributed by atoms with Crippen molar-refractivity contribution in [2.75, 3.05) is 13.1 Å². The molecular weight excluding hydrogens is 312 g/mol. The first-order valence-electron chi connectivity index (χ1n) is 8.00. The van der Waals surface area contributed by atoms with Gasteiger partial charge in [0.25, 0.3) is 5.91 Å². The van der Waals surface area contributed by atoms with E-state index in [0.29, 0.717) is 13.1 Å². The van der Waals surface area contributed by atoms with E-state index in [-0.39, 0.29) is 6.04 Å². The first-order chi connectivity index (χ1) is 11.6.